The standard InChI is InChI=1S/2C21H27N3O2/c1-14(2)8-11-24-19-5-3-4-15-12-16(6-7-17(15)19)26-20-9-10-23-13-18(20)21(22)25;1-14(2)8-11-24-19-5-3-4-15-6-7-16(12-17(15)19)26-20-9-10-23-13-18(20)21(22)25/h2*6-7,9-10,12-14,19,24H,3-5,8,11H2,1-2H3,(H2,22,25). The van der Waals surface area contributed by atoms with Gasteiger partial charge in [0, 0.05) is 36.9 Å². The molecule has 2 aliphatic carbocycles. The normalized spacial score (nSPS) is 16.3. The van der Waals surface area contributed by atoms with Gasteiger partial charge >= 0.3 is 0 Å². The lowest BCUT2D eigenvalue weighted by molar-refractivity contribution is 0.0989. The van der Waals surface area contributed by atoms with Crippen molar-refractivity contribution >= 4 is 11.8 Å². The van der Waals surface area contributed by atoms with Gasteiger partial charge < -0.3 is 31.6 Å². The Kier molecular flexibility index (Phi) is 13.8. The highest BCUT2D eigenvalue weighted by molar-refractivity contribution is 5.95. The Morgan fingerprint density at radius 1 is 0.692 bits per heavy atom. The van der Waals surface area contributed by atoms with E-state index in [4.69, 9.17) is 20.9 Å². The Balaban J connectivity index is 0.000000201. The number of primary amides is 2. The Morgan fingerprint density at radius 2 is 1.19 bits per heavy atom. The fourth-order valence-electron chi connectivity index (χ4n) is 6.78. The highest BCUT2D eigenvalue weighted by Crippen LogP contribution is 2.36. The molecule has 0 saturated carbocycles. The summed E-state index contributed by atoms with van der Waals surface area (Å²) in [6.07, 6.45) is 15.2. The number of ether oxygens (including phenoxy) is 2. The van der Waals surface area contributed by atoms with Crippen LogP contribution in [0.1, 0.15) is 121 Å². The molecule has 10 nitrogen and oxygen atoms in total. The van der Waals surface area contributed by atoms with Crippen molar-refractivity contribution in [1.82, 2.24) is 20.6 Å². The number of amides is 2. The van der Waals surface area contributed by atoms with E-state index in [9.17, 15) is 9.59 Å². The molecule has 2 aromatic heterocycles. The first-order valence-electron chi connectivity index (χ1n) is 18.6. The van der Waals surface area contributed by atoms with Crippen LogP contribution in [0.2, 0.25) is 0 Å². The van der Waals surface area contributed by atoms with Crippen LogP contribution < -0.4 is 31.6 Å². The van der Waals surface area contributed by atoms with Gasteiger partial charge in [0.25, 0.3) is 11.8 Å². The fraction of sp³-hybridized carbons (Fsp3) is 0.429. The molecule has 0 bridgehead atoms. The minimum atomic E-state index is -0.542. The first kappa shape index (κ1) is 38.4. The highest BCUT2D eigenvalue weighted by Gasteiger charge is 2.22. The second-order valence-corrected chi connectivity index (χ2v) is 14.6. The number of hydrogen-bond donors (Lipinski definition) is 4. The van der Waals surface area contributed by atoms with Crippen molar-refractivity contribution in [2.24, 2.45) is 23.3 Å². The van der Waals surface area contributed by atoms with Crippen molar-refractivity contribution in [2.45, 2.75) is 91.1 Å². The minimum absolute atomic E-state index is 0.289. The predicted octanol–water partition coefficient (Wildman–Crippen LogP) is 7.97. The molecule has 0 fully saturated rings. The molecule has 276 valence electrons. The number of nitrogens with two attached hydrogens (primary N) is 2. The quantitative estimate of drug-likeness (QED) is 0.103. The molecule has 2 amide bonds. The summed E-state index contributed by atoms with van der Waals surface area (Å²) in [6, 6.07) is 16.5. The zero-order chi connectivity index (χ0) is 37.0. The van der Waals surface area contributed by atoms with Crippen molar-refractivity contribution in [3.63, 3.8) is 0 Å². The molecule has 2 aliphatic rings. The average molecular weight is 707 g/mol. The molecular formula is C42H54N6O4. The van der Waals surface area contributed by atoms with Crippen LogP contribution in [-0.2, 0) is 12.8 Å². The fourth-order valence-corrected chi connectivity index (χ4v) is 6.78. The summed E-state index contributed by atoms with van der Waals surface area (Å²) in [6.45, 7) is 11.0. The number of hydrogen-bond acceptors (Lipinski definition) is 8. The number of carbonyl (C=O) groups excluding carboxylic acids is 2. The van der Waals surface area contributed by atoms with E-state index in [0.29, 0.717) is 41.0 Å². The average Bonchev–Trinajstić information content (AvgIpc) is 3.12. The highest BCUT2D eigenvalue weighted by atomic mass is 16.5. The number of fused-ring (bicyclic) bond motifs is 2. The number of aromatic nitrogens is 2. The van der Waals surface area contributed by atoms with Gasteiger partial charge in [-0.1, -0.05) is 39.8 Å². The van der Waals surface area contributed by atoms with E-state index in [1.807, 2.05) is 12.1 Å². The molecule has 2 atom stereocenters. The third kappa shape index (κ3) is 10.6. The first-order chi connectivity index (χ1) is 25.1. The number of nitrogens with zero attached hydrogens (tertiary/aromatic N) is 2. The topological polar surface area (TPSA) is 154 Å². The Bertz CT molecular complexity index is 1810. The van der Waals surface area contributed by atoms with E-state index in [0.717, 1.165) is 50.3 Å². The maximum Gasteiger partial charge on any atom is 0.254 e. The van der Waals surface area contributed by atoms with Crippen LogP contribution in [0.15, 0.2) is 73.3 Å². The number of pyridine rings is 2. The maximum absolute atomic E-state index is 11.6. The van der Waals surface area contributed by atoms with Crippen molar-refractivity contribution in [2.75, 3.05) is 13.1 Å². The van der Waals surface area contributed by atoms with Gasteiger partial charge in [-0.2, -0.15) is 0 Å². The molecule has 4 aromatic rings. The summed E-state index contributed by atoms with van der Waals surface area (Å²) in [5, 5.41) is 7.38. The second-order valence-electron chi connectivity index (χ2n) is 14.6. The van der Waals surface area contributed by atoms with Crippen LogP contribution in [-0.4, -0.2) is 34.9 Å². The summed E-state index contributed by atoms with van der Waals surface area (Å²) < 4.78 is 11.9. The van der Waals surface area contributed by atoms with Gasteiger partial charge in [0.1, 0.15) is 34.1 Å². The van der Waals surface area contributed by atoms with E-state index in [1.54, 1.807) is 24.5 Å². The zero-order valence-corrected chi connectivity index (χ0v) is 31.0. The van der Waals surface area contributed by atoms with Crippen LogP contribution in [0.5, 0.6) is 23.0 Å². The molecule has 2 unspecified atom stereocenters. The van der Waals surface area contributed by atoms with Gasteiger partial charge in [-0.05, 0) is 135 Å². The summed E-state index contributed by atoms with van der Waals surface area (Å²) in [5.41, 5.74) is 16.7. The molecule has 0 spiro atoms. The molecule has 0 aliphatic heterocycles. The molecule has 52 heavy (non-hydrogen) atoms. The monoisotopic (exact) mass is 706 g/mol. The van der Waals surface area contributed by atoms with Crippen LogP contribution in [0.25, 0.3) is 0 Å². The lowest BCUT2D eigenvalue weighted by atomic mass is 9.87. The molecule has 10 heteroatoms. The summed E-state index contributed by atoms with van der Waals surface area (Å²) in [4.78, 5) is 31.0. The smallest absolute Gasteiger partial charge is 0.254 e. The molecule has 6 rings (SSSR count). The molecule has 0 saturated heterocycles. The third-order valence-electron chi connectivity index (χ3n) is 9.63. The molecule has 6 N–H and O–H groups in total. The number of rotatable bonds is 14. The van der Waals surface area contributed by atoms with E-state index in [2.05, 4.69) is 72.6 Å². The summed E-state index contributed by atoms with van der Waals surface area (Å²) in [7, 11) is 0. The lowest BCUT2D eigenvalue weighted by Gasteiger charge is -2.27. The van der Waals surface area contributed by atoms with E-state index < -0.39 is 11.8 Å². The summed E-state index contributed by atoms with van der Waals surface area (Å²) >= 11 is 0. The number of nitrogens with one attached hydrogen (secondary N) is 2. The number of aryl methyl sites for hydroxylation is 2. The van der Waals surface area contributed by atoms with Crippen LogP contribution in [0.3, 0.4) is 0 Å². The van der Waals surface area contributed by atoms with Gasteiger partial charge in [-0.25, -0.2) is 0 Å². The molecule has 0 radical (unpaired) electrons. The zero-order valence-electron chi connectivity index (χ0n) is 31.0. The van der Waals surface area contributed by atoms with Gasteiger partial charge in [-0.15, -0.1) is 0 Å². The Labute approximate surface area is 308 Å². The molecule has 2 heterocycles. The van der Waals surface area contributed by atoms with Crippen molar-refractivity contribution in [1.29, 1.82) is 0 Å². The van der Waals surface area contributed by atoms with Crippen molar-refractivity contribution < 1.29 is 19.1 Å². The van der Waals surface area contributed by atoms with Crippen LogP contribution >= 0.6 is 0 Å². The molecule has 2 aromatic carbocycles. The Morgan fingerprint density at radius 3 is 1.73 bits per heavy atom. The Hall–Kier alpha value is -4.80. The van der Waals surface area contributed by atoms with E-state index >= 15 is 0 Å². The molecular weight excluding hydrogens is 652 g/mol. The van der Waals surface area contributed by atoms with Crippen molar-refractivity contribution in [3.05, 3.63) is 107 Å². The largest absolute Gasteiger partial charge is 0.456 e. The predicted molar refractivity (Wildman–Crippen MR) is 205 cm³/mol. The van der Waals surface area contributed by atoms with Gasteiger partial charge in [0.05, 0.1) is 0 Å². The van der Waals surface area contributed by atoms with Gasteiger partial charge in [0.15, 0.2) is 0 Å². The maximum atomic E-state index is 11.6. The first-order valence-corrected chi connectivity index (χ1v) is 18.6. The van der Waals surface area contributed by atoms with Crippen molar-refractivity contribution in [3.8, 4) is 23.0 Å². The van der Waals surface area contributed by atoms with Crippen LogP contribution in [0.4, 0.5) is 0 Å². The van der Waals surface area contributed by atoms with Gasteiger partial charge in [-0.3, -0.25) is 19.6 Å². The number of benzene rings is 2. The van der Waals surface area contributed by atoms with Gasteiger partial charge in [0.2, 0.25) is 0 Å². The number of carbonyl (C=O) groups is 2. The van der Waals surface area contributed by atoms with E-state index in [1.165, 1.54) is 60.3 Å². The second kappa shape index (κ2) is 18.6. The lowest BCUT2D eigenvalue weighted by Crippen LogP contribution is -2.26. The summed E-state index contributed by atoms with van der Waals surface area (Å²) in [5.74, 6) is 2.64. The van der Waals surface area contributed by atoms with E-state index in [-0.39, 0.29) is 5.56 Å². The SMILES string of the molecule is CC(C)CCNC1CCCc2cc(Oc3ccncc3C(N)=O)ccc21.CC(C)CCNC1CCCc2ccc(Oc3ccncc3C(N)=O)cc21. The van der Waals surface area contributed by atoms with Crippen LogP contribution in [0, 0.1) is 11.8 Å². The third-order valence-corrected chi connectivity index (χ3v) is 9.63. The minimum Gasteiger partial charge on any atom is -0.456 e.